The van der Waals surface area contributed by atoms with Crippen molar-refractivity contribution in [2.75, 3.05) is 34.7 Å². The van der Waals surface area contributed by atoms with E-state index in [1.54, 1.807) is 14.1 Å². The maximum absolute atomic E-state index is 11.3. The van der Waals surface area contributed by atoms with E-state index < -0.39 is 0 Å². The molecule has 4 heteroatoms. The first-order chi connectivity index (χ1) is 10.3. The SMILES string of the molecule is CCCCCCCCCCCCCC[N+](C)(C)[O-].C[NH+](C)[O-]. The Morgan fingerprint density at radius 3 is 1.23 bits per heavy atom. The van der Waals surface area contributed by atoms with E-state index in [1.165, 1.54) is 84.7 Å². The maximum atomic E-state index is 11.3. The lowest BCUT2D eigenvalue weighted by atomic mass is 10.1. The molecule has 0 heterocycles. The number of quaternary nitrogens is 2. The van der Waals surface area contributed by atoms with Gasteiger partial charge >= 0.3 is 0 Å². The quantitative estimate of drug-likeness (QED) is 0.318. The number of unbranched alkanes of at least 4 members (excludes halogenated alkanes) is 11. The lowest BCUT2D eigenvalue weighted by molar-refractivity contribution is -0.840. The summed E-state index contributed by atoms with van der Waals surface area (Å²) in [6.07, 6.45) is 16.3. The van der Waals surface area contributed by atoms with Crippen LogP contribution in [0.25, 0.3) is 0 Å². The Bertz CT molecular complexity index is 201. The van der Waals surface area contributed by atoms with E-state index in [1.807, 2.05) is 0 Å². The fourth-order valence-corrected chi connectivity index (χ4v) is 2.33. The van der Waals surface area contributed by atoms with Gasteiger partial charge in [0.25, 0.3) is 0 Å². The van der Waals surface area contributed by atoms with E-state index in [2.05, 4.69) is 6.92 Å². The van der Waals surface area contributed by atoms with Gasteiger partial charge in [0.1, 0.15) is 0 Å². The molecule has 0 fully saturated rings. The second-order valence-corrected chi connectivity index (χ2v) is 7.09. The minimum Gasteiger partial charge on any atom is -0.635 e. The van der Waals surface area contributed by atoms with Gasteiger partial charge in [-0.3, -0.25) is 0 Å². The summed E-state index contributed by atoms with van der Waals surface area (Å²) < 4.78 is -0.127. The Morgan fingerprint density at radius 1 is 0.682 bits per heavy atom. The highest BCUT2D eigenvalue weighted by Crippen LogP contribution is 2.12. The lowest BCUT2D eigenvalue weighted by Gasteiger charge is -2.33. The monoisotopic (exact) mass is 318 g/mol. The summed E-state index contributed by atoms with van der Waals surface area (Å²) in [6, 6.07) is 0. The molecule has 1 N–H and O–H groups in total. The molecule has 0 saturated heterocycles. The second kappa shape index (κ2) is 17.2. The second-order valence-electron chi connectivity index (χ2n) is 7.09. The number of hydrogen-bond acceptors (Lipinski definition) is 2. The van der Waals surface area contributed by atoms with Crippen LogP contribution in [0.15, 0.2) is 0 Å². The molecular weight excluding hydrogens is 276 g/mol. The Morgan fingerprint density at radius 2 is 0.955 bits per heavy atom. The highest BCUT2D eigenvalue weighted by Gasteiger charge is 2.00. The zero-order chi connectivity index (χ0) is 17.3. The zero-order valence-electron chi connectivity index (χ0n) is 16.0. The molecule has 0 amide bonds. The van der Waals surface area contributed by atoms with E-state index in [0.717, 1.165) is 13.0 Å². The standard InChI is InChI=1S/C16H35NO.C2H7NO/c1-4-5-6-7-8-9-10-11-12-13-14-15-16-17(2,3)18;1-3(2)4/h4-16H2,1-3H3;3H,1-2H3. The molecule has 0 unspecified atom stereocenters. The van der Waals surface area contributed by atoms with Crippen molar-refractivity contribution in [1.82, 2.24) is 0 Å². The topological polar surface area (TPSA) is 50.6 Å². The van der Waals surface area contributed by atoms with E-state index in [-0.39, 0.29) is 9.71 Å². The number of hydroxylamine groups is 5. The average molecular weight is 319 g/mol. The third-order valence-electron chi connectivity index (χ3n) is 3.55. The lowest BCUT2D eigenvalue weighted by Crippen LogP contribution is -3.00. The largest absolute Gasteiger partial charge is 0.635 e. The zero-order valence-corrected chi connectivity index (χ0v) is 16.0. The third-order valence-corrected chi connectivity index (χ3v) is 3.55. The Labute approximate surface area is 139 Å². The summed E-state index contributed by atoms with van der Waals surface area (Å²) >= 11 is 0. The summed E-state index contributed by atoms with van der Waals surface area (Å²) in [7, 11) is 6.52. The van der Waals surface area contributed by atoms with E-state index in [4.69, 9.17) is 0 Å². The normalized spacial score (nSPS) is 11.5. The summed E-state index contributed by atoms with van der Waals surface area (Å²) in [5, 5.41) is 20.9. The highest BCUT2D eigenvalue weighted by atomic mass is 16.5. The highest BCUT2D eigenvalue weighted by molar-refractivity contribution is 4.48. The fourth-order valence-electron chi connectivity index (χ4n) is 2.33. The molecule has 0 atom stereocenters. The van der Waals surface area contributed by atoms with Crippen LogP contribution >= 0.6 is 0 Å². The van der Waals surface area contributed by atoms with Crippen molar-refractivity contribution in [2.45, 2.75) is 84.0 Å². The van der Waals surface area contributed by atoms with Crippen LogP contribution in [0, 0.1) is 10.4 Å². The van der Waals surface area contributed by atoms with Gasteiger partial charge in [-0.05, 0) is 12.8 Å². The van der Waals surface area contributed by atoms with Crippen LogP contribution in [0.3, 0.4) is 0 Å². The molecule has 0 aliphatic carbocycles. The van der Waals surface area contributed by atoms with Crippen molar-refractivity contribution in [3.05, 3.63) is 10.4 Å². The molecule has 0 aromatic rings. The molecule has 4 nitrogen and oxygen atoms in total. The molecule has 0 spiro atoms. The molecule has 0 rings (SSSR count). The van der Waals surface area contributed by atoms with E-state index >= 15 is 0 Å². The Kier molecular flexibility index (Phi) is 18.8. The summed E-state index contributed by atoms with van der Waals surface area (Å²) in [5.74, 6) is 0. The molecule has 0 saturated carbocycles. The van der Waals surface area contributed by atoms with Gasteiger partial charge in [0, 0.05) is 0 Å². The Balaban J connectivity index is 0. The maximum Gasteiger partial charge on any atom is 0.0779 e. The smallest absolute Gasteiger partial charge is 0.0779 e. The number of nitrogens with one attached hydrogen (secondary N) is 1. The summed E-state index contributed by atoms with van der Waals surface area (Å²) in [5.41, 5.74) is 0. The van der Waals surface area contributed by atoms with Crippen LogP contribution in [0.1, 0.15) is 84.0 Å². The molecule has 0 aliphatic heterocycles. The molecule has 0 bridgehead atoms. The van der Waals surface area contributed by atoms with Gasteiger partial charge in [-0.15, -0.1) is 0 Å². The van der Waals surface area contributed by atoms with E-state index in [9.17, 15) is 10.4 Å². The predicted octanol–water partition coefficient (Wildman–Crippen LogP) is 3.89. The molecule has 22 heavy (non-hydrogen) atoms. The first-order valence-electron chi connectivity index (χ1n) is 9.30. The van der Waals surface area contributed by atoms with Crippen molar-refractivity contribution in [3.8, 4) is 0 Å². The van der Waals surface area contributed by atoms with Gasteiger partial charge in [0.15, 0.2) is 0 Å². The molecule has 0 radical (unpaired) electrons. The predicted molar refractivity (Wildman–Crippen MR) is 97.6 cm³/mol. The fraction of sp³-hybridized carbons (Fsp3) is 1.00. The van der Waals surface area contributed by atoms with Crippen molar-refractivity contribution < 1.29 is 9.71 Å². The van der Waals surface area contributed by atoms with Gasteiger partial charge in [-0.1, -0.05) is 71.1 Å². The van der Waals surface area contributed by atoms with Crippen LogP contribution < -0.4 is 5.06 Å². The van der Waals surface area contributed by atoms with Gasteiger partial charge in [-0.25, -0.2) is 0 Å². The van der Waals surface area contributed by atoms with Crippen LogP contribution in [0.2, 0.25) is 0 Å². The van der Waals surface area contributed by atoms with Gasteiger partial charge in [0.05, 0.1) is 34.7 Å². The van der Waals surface area contributed by atoms with Gasteiger partial charge in [-0.2, -0.15) is 0 Å². The Hall–Kier alpha value is -0.160. The molecule has 0 aromatic heterocycles. The molecule has 0 aliphatic rings. The van der Waals surface area contributed by atoms with Crippen molar-refractivity contribution in [1.29, 1.82) is 0 Å². The van der Waals surface area contributed by atoms with Crippen LogP contribution in [-0.4, -0.2) is 39.4 Å². The number of rotatable bonds is 13. The van der Waals surface area contributed by atoms with Crippen LogP contribution in [0.5, 0.6) is 0 Å². The van der Waals surface area contributed by atoms with Gasteiger partial charge in [0.2, 0.25) is 0 Å². The first-order valence-corrected chi connectivity index (χ1v) is 9.30. The van der Waals surface area contributed by atoms with Crippen molar-refractivity contribution in [3.63, 3.8) is 0 Å². The summed E-state index contributed by atoms with van der Waals surface area (Å²) in [6.45, 7) is 3.05. The van der Waals surface area contributed by atoms with Crippen molar-refractivity contribution >= 4 is 0 Å². The van der Waals surface area contributed by atoms with E-state index in [0.29, 0.717) is 0 Å². The number of hydrogen-bond donors (Lipinski definition) is 1. The average Bonchev–Trinajstić information content (AvgIpc) is 2.38. The third kappa shape index (κ3) is 32.0. The molecule has 0 aromatic carbocycles. The summed E-state index contributed by atoms with van der Waals surface area (Å²) in [4.78, 5) is 0. The van der Waals surface area contributed by atoms with Crippen LogP contribution in [-0.2, 0) is 0 Å². The van der Waals surface area contributed by atoms with Crippen LogP contribution in [0.4, 0.5) is 0 Å². The minimum absolute atomic E-state index is 0.127. The number of nitrogens with zero attached hydrogens (tertiary/aromatic N) is 1. The molecular formula is C18H42N2O2. The van der Waals surface area contributed by atoms with Gasteiger partial charge < -0.3 is 20.1 Å². The first kappa shape index (κ1) is 24.1. The van der Waals surface area contributed by atoms with Crippen molar-refractivity contribution in [2.24, 2.45) is 0 Å². The molecule has 136 valence electrons. The minimum atomic E-state index is -0.127.